The number of carbonyl (C=O) groups excluding carboxylic acids is 1. The molecular weight excluding hydrogens is 538 g/mol. The van der Waals surface area contributed by atoms with Gasteiger partial charge in [0.25, 0.3) is 0 Å². The average Bonchev–Trinajstić information content (AvgIpc) is 3.29. The number of hydrogen-bond donors (Lipinski definition) is 5. The molecule has 3 saturated carbocycles. The van der Waals surface area contributed by atoms with Crippen LogP contribution in [0, 0.1) is 0 Å². The van der Waals surface area contributed by atoms with Gasteiger partial charge in [-0.05, 0) is 101 Å². The van der Waals surface area contributed by atoms with Gasteiger partial charge in [-0.3, -0.25) is 10.00 Å². The maximum Gasteiger partial charge on any atom is 0.315 e. The van der Waals surface area contributed by atoms with Crippen molar-refractivity contribution in [1.29, 1.82) is 0 Å². The molecule has 2 aromatic heterocycles. The van der Waals surface area contributed by atoms with E-state index < -0.39 is 0 Å². The molecule has 0 bridgehead atoms. The molecule has 1 atom stereocenters. The third-order valence-electron chi connectivity index (χ3n) is 10.3. The number of fused-ring (bicyclic) bond motifs is 1. The van der Waals surface area contributed by atoms with Crippen LogP contribution in [0.1, 0.15) is 92.5 Å². The summed E-state index contributed by atoms with van der Waals surface area (Å²) in [6, 6.07) is 11.5. The lowest BCUT2D eigenvalue weighted by atomic mass is 9.91. The Bertz CT molecular complexity index is 1430. The minimum absolute atomic E-state index is 0.0436. The molecule has 7 rings (SSSR count). The molecule has 10 nitrogen and oxygen atoms in total. The summed E-state index contributed by atoms with van der Waals surface area (Å²) in [7, 11) is 4.35. The molecule has 10 heteroatoms. The number of aromatic amines is 1. The Morgan fingerprint density at radius 1 is 0.884 bits per heavy atom. The highest BCUT2D eigenvalue weighted by molar-refractivity contribution is 5.75. The summed E-state index contributed by atoms with van der Waals surface area (Å²) in [5.74, 6) is 2.73. The van der Waals surface area contributed by atoms with E-state index in [4.69, 9.17) is 0 Å². The molecular formula is C33H45N9O. The molecule has 4 aliphatic carbocycles. The van der Waals surface area contributed by atoms with Crippen molar-refractivity contribution in [3.05, 3.63) is 58.9 Å². The highest BCUT2D eigenvalue weighted by Crippen LogP contribution is 2.50. The summed E-state index contributed by atoms with van der Waals surface area (Å²) in [6.07, 6.45) is 14.9. The largest absolute Gasteiger partial charge is 0.351 e. The summed E-state index contributed by atoms with van der Waals surface area (Å²) in [6.45, 7) is 0. The third kappa shape index (κ3) is 6.20. The van der Waals surface area contributed by atoms with Crippen LogP contribution in [0.15, 0.2) is 36.5 Å². The maximum atomic E-state index is 12.9. The number of nitrogens with zero attached hydrogens (tertiary/aromatic N) is 4. The van der Waals surface area contributed by atoms with Crippen LogP contribution in [-0.4, -0.2) is 63.3 Å². The second-order valence-electron chi connectivity index (χ2n) is 13.4. The number of rotatable bonds is 9. The number of hydrogen-bond acceptors (Lipinski definition) is 7. The highest BCUT2D eigenvalue weighted by atomic mass is 16.2. The molecule has 0 spiro atoms. The minimum atomic E-state index is -0.0436. The fourth-order valence-corrected chi connectivity index (χ4v) is 7.57. The van der Waals surface area contributed by atoms with Gasteiger partial charge in [0.15, 0.2) is 5.82 Å². The zero-order valence-electron chi connectivity index (χ0n) is 25.5. The van der Waals surface area contributed by atoms with Gasteiger partial charge in [0.2, 0.25) is 5.95 Å². The molecule has 1 aromatic carbocycles. The number of amides is 2. The van der Waals surface area contributed by atoms with Gasteiger partial charge in [-0.1, -0.05) is 31.0 Å². The Hall–Kier alpha value is -3.66. The molecule has 0 saturated heterocycles. The Morgan fingerprint density at radius 2 is 1.63 bits per heavy atom. The first-order valence-corrected chi connectivity index (χ1v) is 16.2. The van der Waals surface area contributed by atoms with E-state index in [1.807, 2.05) is 6.07 Å². The Balaban J connectivity index is 0.852. The second kappa shape index (κ2) is 11.8. The van der Waals surface area contributed by atoms with Crippen LogP contribution in [0.3, 0.4) is 0 Å². The lowest BCUT2D eigenvalue weighted by molar-refractivity contribution is 0.228. The first-order valence-electron chi connectivity index (χ1n) is 16.2. The van der Waals surface area contributed by atoms with Crippen molar-refractivity contribution in [2.24, 2.45) is 0 Å². The maximum absolute atomic E-state index is 12.9. The lowest BCUT2D eigenvalue weighted by Gasteiger charge is -2.30. The molecule has 0 radical (unpaired) electrons. The number of anilines is 3. The standard InChI is InChI=1S/C33H45N9O/c1-42(2)33(14-15-33)24-8-7-22-18-27(19-23(22)17-24)37-32(43)36-26-11-9-25(10-12-26)35-31-34-16-13-29(39-31)38-30-20-28(40-41-30)21-5-3-4-6-21/h7-8,13,16-17,20-21,25-27H,3-6,9-12,14-15,18-19H2,1-2H3,(H2,36,37,43)(H3,34,35,38,39,40,41). The van der Waals surface area contributed by atoms with Gasteiger partial charge in [0.1, 0.15) is 5.82 Å². The molecule has 3 fully saturated rings. The number of urea groups is 1. The van der Waals surface area contributed by atoms with Crippen LogP contribution in [-0.2, 0) is 18.4 Å². The van der Waals surface area contributed by atoms with Crippen molar-refractivity contribution in [3.8, 4) is 0 Å². The predicted molar refractivity (Wildman–Crippen MR) is 169 cm³/mol. The van der Waals surface area contributed by atoms with E-state index in [1.165, 1.54) is 60.9 Å². The van der Waals surface area contributed by atoms with Gasteiger partial charge in [-0.2, -0.15) is 10.1 Å². The first-order chi connectivity index (χ1) is 20.9. The molecule has 1 unspecified atom stereocenters. The fraction of sp³-hybridized carbons (Fsp3) is 0.576. The molecule has 0 aliphatic heterocycles. The van der Waals surface area contributed by atoms with E-state index in [0.717, 1.165) is 50.2 Å². The summed E-state index contributed by atoms with van der Waals surface area (Å²) in [5.41, 5.74) is 5.61. The SMILES string of the molecule is CN(C)C1(c2ccc3c(c2)CC(NC(=O)NC2CCC(Nc4nccc(Nc5cc(C6CCCC6)[nH]n5)n4)CC2)C3)CC1. The minimum Gasteiger partial charge on any atom is -0.351 e. The van der Waals surface area contributed by atoms with Crippen molar-refractivity contribution >= 4 is 23.6 Å². The number of aromatic nitrogens is 4. The van der Waals surface area contributed by atoms with Gasteiger partial charge in [0.05, 0.1) is 0 Å². The smallest absolute Gasteiger partial charge is 0.315 e. The zero-order chi connectivity index (χ0) is 29.4. The fourth-order valence-electron chi connectivity index (χ4n) is 7.57. The molecule has 2 amide bonds. The van der Waals surface area contributed by atoms with Crippen LogP contribution >= 0.6 is 0 Å². The normalized spacial score (nSPS) is 24.5. The van der Waals surface area contributed by atoms with E-state index >= 15 is 0 Å². The van der Waals surface area contributed by atoms with E-state index in [2.05, 4.69) is 84.7 Å². The average molecular weight is 584 g/mol. The van der Waals surface area contributed by atoms with Crippen molar-refractivity contribution < 1.29 is 4.79 Å². The van der Waals surface area contributed by atoms with E-state index in [1.54, 1.807) is 6.20 Å². The number of H-pyrrole nitrogens is 1. The lowest BCUT2D eigenvalue weighted by Crippen LogP contribution is -2.48. The van der Waals surface area contributed by atoms with Gasteiger partial charge in [-0.15, -0.1) is 0 Å². The van der Waals surface area contributed by atoms with Gasteiger partial charge < -0.3 is 21.3 Å². The molecule has 2 heterocycles. The van der Waals surface area contributed by atoms with Gasteiger partial charge in [0, 0.05) is 47.5 Å². The van der Waals surface area contributed by atoms with Crippen LogP contribution in [0.4, 0.5) is 22.4 Å². The van der Waals surface area contributed by atoms with Crippen LogP contribution < -0.4 is 21.3 Å². The number of nitrogens with one attached hydrogen (secondary N) is 5. The van der Waals surface area contributed by atoms with E-state index in [0.29, 0.717) is 11.9 Å². The van der Waals surface area contributed by atoms with Crippen molar-refractivity contribution in [2.75, 3.05) is 24.7 Å². The molecule has 228 valence electrons. The highest BCUT2D eigenvalue weighted by Gasteiger charge is 2.46. The first kappa shape index (κ1) is 28.1. The predicted octanol–water partition coefficient (Wildman–Crippen LogP) is 5.34. The molecule has 4 aliphatic rings. The summed E-state index contributed by atoms with van der Waals surface area (Å²) in [5, 5.41) is 20.9. The third-order valence-corrected chi connectivity index (χ3v) is 10.3. The summed E-state index contributed by atoms with van der Waals surface area (Å²) < 4.78 is 0. The number of benzene rings is 1. The van der Waals surface area contributed by atoms with Crippen molar-refractivity contribution in [1.82, 2.24) is 35.7 Å². The van der Waals surface area contributed by atoms with Gasteiger partial charge >= 0.3 is 6.03 Å². The van der Waals surface area contributed by atoms with Gasteiger partial charge in [-0.25, -0.2) is 9.78 Å². The monoisotopic (exact) mass is 583 g/mol. The zero-order valence-corrected chi connectivity index (χ0v) is 25.5. The van der Waals surface area contributed by atoms with Crippen LogP contribution in [0.2, 0.25) is 0 Å². The summed E-state index contributed by atoms with van der Waals surface area (Å²) >= 11 is 0. The Kier molecular flexibility index (Phi) is 7.71. The van der Waals surface area contributed by atoms with E-state index in [9.17, 15) is 4.79 Å². The van der Waals surface area contributed by atoms with Crippen molar-refractivity contribution in [3.63, 3.8) is 0 Å². The topological polar surface area (TPSA) is 123 Å². The van der Waals surface area contributed by atoms with Crippen molar-refractivity contribution in [2.45, 2.75) is 107 Å². The molecule has 43 heavy (non-hydrogen) atoms. The second-order valence-corrected chi connectivity index (χ2v) is 13.4. The molecule has 3 aromatic rings. The van der Waals surface area contributed by atoms with Crippen LogP contribution in [0.5, 0.6) is 0 Å². The Labute approximate surface area is 254 Å². The number of carbonyl (C=O) groups is 1. The molecule has 5 N–H and O–H groups in total. The quantitative estimate of drug-likeness (QED) is 0.230. The van der Waals surface area contributed by atoms with Crippen LogP contribution in [0.25, 0.3) is 0 Å². The summed E-state index contributed by atoms with van der Waals surface area (Å²) in [4.78, 5) is 24.4. The Morgan fingerprint density at radius 3 is 2.40 bits per heavy atom. The van der Waals surface area contributed by atoms with E-state index in [-0.39, 0.29) is 29.7 Å².